The molecular weight excluding hydrogens is 306 g/mol. The number of carbonyl (C=O) groups excluding carboxylic acids is 1. The Morgan fingerprint density at radius 3 is 2.58 bits per heavy atom. The highest BCUT2D eigenvalue weighted by Gasteiger charge is 2.12. The van der Waals surface area contributed by atoms with Crippen molar-refractivity contribution in [1.82, 2.24) is 14.5 Å². The molecule has 1 aromatic heterocycles. The SMILES string of the molecule is CC[C@@H](C)NC(=O)Cn1c(=O)ccn(Cc2ccccc2C)c1=O. The van der Waals surface area contributed by atoms with Gasteiger partial charge in [-0.25, -0.2) is 4.79 Å². The van der Waals surface area contributed by atoms with E-state index in [4.69, 9.17) is 0 Å². The van der Waals surface area contributed by atoms with Crippen molar-refractivity contribution in [3.8, 4) is 0 Å². The zero-order valence-electron chi connectivity index (χ0n) is 14.3. The molecule has 128 valence electrons. The molecule has 6 nitrogen and oxygen atoms in total. The highest BCUT2D eigenvalue weighted by Crippen LogP contribution is 2.07. The molecule has 6 heteroatoms. The number of rotatable bonds is 6. The van der Waals surface area contributed by atoms with E-state index in [1.165, 1.54) is 16.8 Å². The Morgan fingerprint density at radius 2 is 1.92 bits per heavy atom. The molecule has 0 unspecified atom stereocenters. The number of aryl methyl sites for hydroxylation is 1. The zero-order valence-corrected chi connectivity index (χ0v) is 14.3. The summed E-state index contributed by atoms with van der Waals surface area (Å²) in [5.74, 6) is -0.336. The van der Waals surface area contributed by atoms with Gasteiger partial charge in [0.05, 0.1) is 6.54 Å². The predicted molar refractivity (Wildman–Crippen MR) is 93.1 cm³/mol. The third-order valence-corrected chi connectivity index (χ3v) is 4.06. The van der Waals surface area contributed by atoms with Crippen molar-refractivity contribution in [1.29, 1.82) is 0 Å². The Balaban J connectivity index is 2.28. The van der Waals surface area contributed by atoms with Gasteiger partial charge in [0.15, 0.2) is 0 Å². The van der Waals surface area contributed by atoms with Crippen molar-refractivity contribution >= 4 is 5.91 Å². The van der Waals surface area contributed by atoms with Crippen LogP contribution >= 0.6 is 0 Å². The number of benzene rings is 1. The molecule has 1 amide bonds. The molecule has 0 aliphatic carbocycles. The highest BCUT2D eigenvalue weighted by atomic mass is 16.2. The molecule has 2 rings (SSSR count). The van der Waals surface area contributed by atoms with E-state index in [0.29, 0.717) is 6.54 Å². The summed E-state index contributed by atoms with van der Waals surface area (Å²) in [7, 11) is 0. The van der Waals surface area contributed by atoms with Crippen LogP contribution in [0.1, 0.15) is 31.4 Å². The van der Waals surface area contributed by atoms with Gasteiger partial charge >= 0.3 is 5.69 Å². The van der Waals surface area contributed by atoms with Gasteiger partial charge in [0, 0.05) is 18.3 Å². The first-order chi connectivity index (χ1) is 11.4. The van der Waals surface area contributed by atoms with Crippen molar-refractivity contribution in [2.45, 2.75) is 46.3 Å². The molecule has 0 saturated heterocycles. The molecule has 0 spiro atoms. The van der Waals surface area contributed by atoms with E-state index in [1.807, 2.05) is 45.0 Å². The molecule has 0 radical (unpaired) electrons. The third kappa shape index (κ3) is 4.22. The average molecular weight is 329 g/mol. The molecule has 0 bridgehead atoms. The quantitative estimate of drug-likeness (QED) is 0.868. The third-order valence-electron chi connectivity index (χ3n) is 4.06. The van der Waals surface area contributed by atoms with Crippen molar-refractivity contribution in [2.75, 3.05) is 0 Å². The fourth-order valence-corrected chi connectivity index (χ4v) is 2.36. The highest BCUT2D eigenvalue weighted by molar-refractivity contribution is 5.75. The first-order valence-electron chi connectivity index (χ1n) is 8.06. The average Bonchev–Trinajstić information content (AvgIpc) is 2.55. The lowest BCUT2D eigenvalue weighted by Gasteiger charge is -2.13. The maximum atomic E-state index is 12.5. The monoisotopic (exact) mass is 329 g/mol. The Kier molecular flexibility index (Phi) is 5.73. The summed E-state index contributed by atoms with van der Waals surface area (Å²) < 4.78 is 2.41. The molecule has 0 aliphatic heterocycles. The molecule has 1 heterocycles. The predicted octanol–water partition coefficient (Wildman–Crippen LogP) is 1.28. The maximum Gasteiger partial charge on any atom is 0.331 e. The number of nitrogens with one attached hydrogen (secondary N) is 1. The normalized spacial score (nSPS) is 12.0. The lowest BCUT2D eigenvalue weighted by molar-refractivity contribution is -0.122. The second-order valence-corrected chi connectivity index (χ2v) is 5.95. The minimum absolute atomic E-state index is 0.00566. The molecule has 0 saturated carbocycles. The van der Waals surface area contributed by atoms with E-state index in [0.717, 1.165) is 22.1 Å². The molecular formula is C18H23N3O3. The van der Waals surface area contributed by atoms with Crippen LogP contribution in [0.25, 0.3) is 0 Å². The van der Waals surface area contributed by atoms with E-state index < -0.39 is 11.2 Å². The van der Waals surface area contributed by atoms with Crippen molar-refractivity contribution in [3.63, 3.8) is 0 Å². The van der Waals surface area contributed by atoms with Crippen LogP contribution in [0, 0.1) is 6.92 Å². The molecule has 2 aromatic rings. The largest absolute Gasteiger partial charge is 0.352 e. The van der Waals surface area contributed by atoms with E-state index in [9.17, 15) is 14.4 Å². The van der Waals surface area contributed by atoms with Crippen LogP contribution in [-0.2, 0) is 17.9 Å². The van der Waals surface area contributed by atoms with Gasteiger partial charge in [-0.1, -0.05) is 31.2 Å². The van der Waals surface area contributed by atoms with Crippen LogP contribution < -0.4 is 16.6 Å². The number of amides is 1. The lowest BCUT2D eigenvalue weighted by Crippen LogP contribution is -2.44. The summed E-state index contributed by atoms with van der Waals surface area (Å²) in [5, 5.41) is 2.76. The van der Waals surface area contributed by atoms with Crippen LogP contribution in [0.5, 0.6) is 0 Å². The van der Waals surface area contributed by atoms with Crippen LogP contribution in [-0.4, -0.2) is 21.1 Å². The number of hydrogen-bond acceptors (Lipinski definition) is 3. The van der Waals surface area contributed by atoms with E-state index in [-0.39, 0.29) is 18.5 Å². The number of nitrogens with zero attached hydrogens (tertiary/aromatic N) is 2. The Hall–Kier alpha value is -2.63. The van der Waals surface area contributed by atoms with Crippen molar-refractivity contribution < 1.29 is 4.79 Å². The summed E-state index contributed by atoms with van der Waals surface area (Å²) in [6.45, 7) is 5.89. The first kappa shape index (κ1) is 17.7. The van der Waals surface area contributed by atoms with Gasteiger partial charge in [-0.3, -0.25) is 18.7 Å². The van der Waals surface area contributed by atoms with Crippen molar-refractivity contribution in [3.05, 3.63) is 68.5 Å². The van der Waals surface area contributed by atoms with Crippen LogP contribution in [0.4, 0.5) is 0 Å². The number of hydrogen-bond donors (Lipinski definition) is 1. The Labute approximate surface area is 140 Å². The molecule has 0 aliphatic rings. The molecule has 24 heavy (non-hydrogen) atoms. The van der Waals surface area contributed by atoms with Gasteiger partial charge < -0.3 is 5.32 Å². The summed E-state index contributed by atoms with van der Waals surface area (Å²) >= 11 is 0. The molecule has 1 atom stereocenters. The molecule has 1 aromatic carbocycles. The van der Waals surface area contributed by atoms with Crippen molar-refractivity contribution in [2.24, 2.45) is 0 Å². The van der Waals surface area contributed by atoms with Gasteiger partial charge in [-0.2, -0.15) is 0 Å². The number of carbonyl (C=O) groups is 1. The van der Waals surface area contributed by atoms with Crippen LogP contribution in [0.2, 0.25) is 0 Å². The Morgan fingerprint density at radius 1 is 1.21 bits per heavy atom. The molecule has 1 N–H and O–H groups in total. The fourth-order valence-electron chi connectivity index (χ4n) is 2.36. The number of aromatic nitrogens is 2. The fraction of sp³-hybridized carbons (Fsp3) is 0.389. The van der Waals surface area contributed by atoms with Gasteiger partial charge in [0.25, 0.3) is 5.56 Å². The van der Waals surface area contributed by atoms with Gasteiger partial charge in [0.2, 0.25) is 5.91 Å². The van der Waals surface area contributed by atoms with E-state index >= 15 is 0 Å². The second kappa shape index (κ2) is 7.77. The summed E-state index contributed by atoms with van der Waals surface area (Å²) in [6.07, 6.45) is 2.26. The van der Waals surface area contributed by atoms with Crippen LogP contribution in [0.3, 0.4) is 0 Å². The zero-order chi connectivity index (χ0) is 17.7. The summed E-state index contributed by atoms with van der Waals surface area (Å²) in [5.41, 5.74) is 1.11. The smallest absolute Gasteiger partial charge is 0.331 e. The standard InChI is InChI=1S/C18H23N3O3/c1-4-14(3)19-16(22)12-21-17(23)9-10-20(18(21)24)11-15-8-6-5-7-13(15)2/h5-10,14H,4,11-12H2,1-3H3,(H,19,22)/t14-/m1/s1. The minimum Gasteiger partial charge on any atom is -0.352 e. The minimum atomic E-state index is -0.481. The van der Waals surface area contributed by atoms with Crippen LogP contribution in [0.15, 0.2) is 46.1 Å². The summed E-state index contributed by atoms with van der Waals surface area (Å²) in [4.78, 5) is 36.5. The first-order valence-corrected chi connectivity index (χ1v) is 8.06. The second-order valence-electron chi connectivity index (χ2n) is 5.95. The topological polar surface area (TPSA) is 73.1 Å². The van der Waals surface area contributed by atoms with Gasteiger partial charge in [-0.05, 0) is 31.4 Å². The lowest BCUT2D eigenvalue weighted by atomic mass is 10.1. The van der Waals surface area contributed by atoms with E-state index in [2.05, 4.69) is 5.32 Å². The van der Waals surface area contributed by atoms with Gasteiger partial charge in [0.1, 0.15) is 6.54 Å². The van der Waals surface area contributed by atoms with E-state index in [1.54, 1.807) is 0 Å². The van der Waals surface area contributed by atoms with Gasteiger partial charge in [-0.15, -0.1) is 0 Å². The maximum absolute atomic E-state index is 12.5. The Bertz CT molecular complexity index is 836. The molecule has 0 fully saturated rings. The summed E-state index contributed by atoms with van der Waals surface area (Å²) in [6, 6.07) is 9.06.